The van der Waals surface area contributed by atoms with Gasteiger partial charge in [-0.3, -0.25) is 4.79 Å². The quantitative estimate of drug-likeness (QED) is 0.464. The molecule has 0 unspecified atom stereocenters. The first-order valence-electron chi connectivity index (χ1n) is 11.4. The third kappa shape index (κ3) is 4.77. The van der Waals surface area contributed by atoms with Crippen LogP contribution in [0.15, 0.2) is 23.2 Å². The highest BCUT2D eigenvalue weighted by Gasteiger charge is 2.32. The zero-order valence-corrected chi connectivity index (χ0v) is 18.9. The van der Waals surface area contributed by atoms with Crippen molar-refractivity contribution in [3.63, 3.8) is 0 Å². The normalized spacial score (nSPS) is 23.3. The van der Waals surface area contributed by atoms with Crippen molar-refractivity contribution in [3.8, 4) is 0 Å². The summed E-state index contributed by atoms with van der Waals surface area (Å²) in [5.41, 5.74) is 13.2. The van der Waals surface area contributed by atoms with E-state index in [-0.39, 0.29) is 35.8 Å². The van der Waals surface area contributed by atoms with Crippen molar-refractivity contribution in [2.24, 2.45) is 16.5 Å². The van der Waals surface area contributed by atoms with Gasteiger partial charge in [-0.2, -0.15) is 0 Å². The van der Waals surface area contributed by atoms with Gasteiger partial charge in [0.2, 0.25) is 5.82 Å². The van der Waals surface area contributed by atoms with Crippen molar-refractivity contribution >= 4 is 28.6 Å². The van der Waals surface area contributed by atoms with E-state index < -0.39 is 0 Å². The first kappa shape index (κ1) is 22.3. The molecule has 1 aromatic carbocycles. The molecule has 2 fully saturated rings. The van der Waals surface area contributed by atoms with Gasteiger partial charge in [0.25, 0.3) is 5.91 Å². The second kappa shape index (κ2) is 9.68. The van der Waals surface area contributed by atoms with E-state index >= 15 is 0 Å². The van der Waals surface area contributed by atoms with Crippen LogP contribution in [0.25, 0.3) is 10.9 Å². The van der Waals surface area contributed by atoms with Gasteiger partial charge in [0.05, 0.1) is 30.2 Å². The second-order valence-corrected chi connectivity index (χ2v) is 8.82. The number of guanidine groups is 1. The summed E-state index contributed by atoms with van der Waals surface area (Å²) in [5.74, 6) is 0.814. The Balaban J connectivity index is 1.70. The van der Waals surface area contributed by atoms with Crippen LogP contribution < -0.4 is 16.8 Å². The SMILES string of the molecule is COC[C@@H]1CCCN1C(=O)c1nc(N[C@H]2CCCC[C@H]2N=C(N)N)c2cc(C)ccc2n1. The van der Waals surface area contributed by atoms with Gasteiger partial charge in [0.15, 0.2) is 5.96 Å². The number of hydrogen-bond donors (Lipinski definition) is 3. The van der Waals surface area contributed by atoms with Crippen molar-refractivity contribution < 1.29 is 9.53 Å². The number of carbonyl (C=O) groups is 1. The number of aliphatic imine (C=N–C) groups is 1. The third-order valence-corrected chi connectivity index (χ3v) is 6.41. The summed E-state index contributed by atoms with van der Waals surface area (Å²) in [6, 6.07) is 6.08. The van der Waals surface area contributed by atoms with E-state index in [1.807, 2.05) is 30.0 Å². The molecule has 0 radical (unpaired) electrons. The maximum atomic E-state index is 13.4. The Morgan fingerprint density at radius 3 is 2.81 bits per heavy atom. The predicted octanol–water partition coefficient (Wildman–Crippen LogP) is 2.19. The molecular formula is C23H33N7O2. The zero-order chi connectivity index (χ0) is 22.7. The van der Waals surface area contributed by atoms with Crippen LogP contribution in [0.3, 0.4) is 0 Å². The van der Waals surface area contributed by atoms with Crippen LogP contribution in [0.2, 0.25) is 0 Å². The Kier molecular flexibility index (Phi) is 6.74. The number of nitrogens with one attached hydrogen (secondary N) is 1. The summed E-state index contributed by atoms with van der Waals surface area (Å²) >= 11 is 0. The van der Waals surface area contributed by atoms with Crippen LogP contribution in [-0.2, 0) is 4.74 Å². The number of rotatable bonds is 6. The Labute approximate surface area is 188 Å². The standard InChI is InChI=1S/C23H33N7O2/c1-14-9-10-17-16(12-14)20(27-18-7-3-4-8-19(18)28-23(24)25)29-21(26-17)22(31)30-11-5-6-15(30)13-32-2/h9-10,12,15,18-19H,3-8,11,13H2,1-2H3,(H4,24,25,28)(H,26,27,29)/t15-,18-,19+/m0/s1. The number of ether oxygens (including phenoxy) is 1. The summed E-state index contributed by atoms with van der Waals surface area (Å²) in [7, 11) is 1.66. The number of nitrogens with zero attached hydrogens (tertiary/aromatic N) is 4. The summed E-state index contributed by atoms with van der Waals surface area (Å²) in [6.07, 6.45) is 5.91. The van der Waals surface area contributed by atoms with E-state index in [0.29, 0.717) is 19.0 Å². The molecule has 4 rings (SSSR count). The van der Waals surface area contributed by atoms with Crippen LogP contribution in [0.5, 0.6) is 0 Å². The Bertz CT molecular complexity index is 1010. The molecule has 9 nitrogen and oxygen atoms in total. The highest BCUT2D eigenvalue weighted by atomic mass is 16.5. The van der Waals surface area contributed by atoms with Crippen molar-refractivity contribution in [2.75, 3.05) is 25.6 Å². The van der Waals surface area contributed by atoms with Gasteiger partial charge in [-0.1, -0.05) is 24.5 Å². The summed E-state index contributed by atoms with van der Waals surface area (Å²) in [6.45, 7) is 3.25. The van der Waals surface area contributed by atoms with Crippen LogP contribution >= 0.6 is 0 Å². The van der Waals surface area contributed by atoms with Gasteiger partial charge >= 0.3 is 0 Å². The van der Waals surface area contributed by atoms with Crippen LogP contribution in [0.4, 0.5) is 5.82 Å². The molecule has 32 heavy (non-hydrogen) atoms. The molecule has 1 aliphatic heterocycles. The average molecular weight is 440 g/mol. The van der Waals surface area contributed by atoms with Crippen molar-refractivity contribution in [1.82, 2.24) is 14.9 Å². The number of anilines is 1. The van der Waals surface area contributed by atoms with Gasteiger partial charge in [0.1, 0.15) is 5.82 Å². The minimum Gasteiger partial charge on any atom is -0.383 e. The molecule has 2 heterocycles. The van der Waals surface area contributed by atoms with Crippen molar-refractivity contribution in [3.05, 3.63) is 29.6 Å². The number of likely N-dealkylation sites (tertiary alicyclic amines) is 1. The molecular weight excluding hydrogens is 406 g/mol. The van der Waals surface area contributed by atoms with E-state index in [1.165, 1.54) is 0 Å². The van der Waals surface area contributed by atoms with E-state index in [2.05, 4.69) is 15.3 Å². The summed E-state index contributed by atoms with van der Waals surface area (Å²) in [5, 5.41) is 4.46. The monoisotopic (exact) mass is 439 g/mol. The number of aryl methyl sites for hydroxylation is 1. The molecule has 1 aliphatic carbocycles. The first-order valence-corrected chi connectivity index (χ1v) is 11.4. The van der Waals surface area contributed by atoms with E-state index in [9.17, 15) is 4.79 Å². The largest absolute Gasteiger partial charge is 0.383 e. The number of carbonyl (C=O) groups excluding carboxylic acids is 1. The van der Waals surface area contributed by atoms with Gasteiger partial charge in [-0.05, 0) is 44.7 Å². The molecule has 5 N–H and O–H groups in total. The highest BCUT2D eigenvalue weighted by molar-refractivity contribution is 5.97. The fourth-order valence-corrected chi connectivity index (χ4v) is 4.85. The molecule has 0 spiro atoms. The lowest BCUT2D eigenvalue weighted by atomic mass is 9.90. The molecule has 2 aliphatic rings. The van der Waals surface area contributed by atoms with Crippen molar-refractivity contribution in [2.45, 2.75) is 63.6 Å². The van der Waals surface area contributed by atoms with Crippen LogP contribution in [0, 0.1) is 6.92 Å². The van der Waals surface area contributed by atoms with Gasteiger partial charge in [0, 0.05) is 19.0 Å². The predicted molar refractivity (Wildman–Crippen MR) is 126 cm³/mol. The summed E-state index contributed by atoms with van der Waals surface area (Å²) < 4.78 is 5.31. The lowest BCUT2D eigenvalue weighted by Crippen LogP contribution is -2.40. The number of aromatic nitrogens is 2. The van der Waals surface area contributed by atoms with E-state index in [4.69, 9.17) is 21.2 Å². The molecule has 172 valence electrons. The summed E-state index contributed by atoms with van der Waals surface area (Å²) in [4.78, 5) is 29.0. The lowest BCUT2D eigenvalue weighted by Gasteiger charge is -2.30. The first-order chi connectivity index (χ1) is 15.5. The maximum absolute atomic E-state index is 13.4. The second-order valence-electron chi connectivity index (χ2n) is 8.82. The minimum atomic E-state index is -0.153. The lowest BCUT2D eigenvalue weighted by molar-refractivity contribution is 0.0619. The van der Waals surface area contributed by atoms with Crippen LogP contribution in [0.1, 0.15) is 54.7 Å². The molecule has 1 saturated heterocycles. The third-order valence-electron chi connectivity index (χ3n) is 6.41. The maximum Gasteiger partial charge on any atom is 0.292 e. The molecule has 1 saturated carbocycles. The number of nitrogens with two attached hydrogens (primary N) is 2. The fourth-order valence-electron chi connectivity index (χ4n) is 4.85. The topological polar surface area (TPSA) is 132 Å². The minimum absolute atomic E-state index is 0.0209. The average Bonchev–Trinajstić information content (AvgIpc) is 3.23. The van der Waals surface area contributed by atoms with Gasteiger partial charge in [-0.25, -0.2) is 15.0 Å². The van der Waals surface area contributed by atoms with Crippen LogP contribution in [-0.4, -0.2) is 65.1 Å². The Morgan fingerprint density at radius 2 is 2.03 bits per heavy atom. The molecule has 1 aromatic heterocycles. The number of hydrogen-bond acceptors (Lipinski definition) is 6. The Morgan fingerprint density at radius 1 is 1.22 bits per heavy atom. The van der Waals surface area contributed by atoms with E-state index in [0.717, 1.165) is 55.0 Å². The smallest absolute Gasteiger partial charge is 0.292 e. The van der Waals surface area contributed by atoms with Gasteiger partial charge in [-0.15, -0.1) is 0 Å². The molecule has 0 bridgehead atoms. The molecule has 3 atom stereocenters. The highest BCUT2D eigenvalue weighted by Crippen LogP contribution is 2.29. The van der Waals surface area contributed by atoms with Crippen molar-refractivity contribution in [1.29, 1.82) is 0 Å². The molecule has 1 amide bonds. The molecule has 2 aromatic rings. The van der Waals surface area contributed by atoms with Gasteiger partial charge < -0.3 is 26.4 Å². The number of benzene rings is 1. The number of methoxy groups -OCH3 is 1. The number of amides is 1. The fraction of sp³-hybridized carbons (Fsp3) is 0.565. The zero-order valence-electron chi connectivity index (χ0n) is 18.9. The van der Waals surface area contributed by atoms with E-state index in [1.54, 1.807) is 7.11 Å². The molecule has 9 heteroatoms. The Hall–Kier alpha value is -2.94. The number of fused-ring (bicyclic) bond motifs is 1.